The van der Waals surface area contributed by atoms with Gasteiger partial charge in [0.05, 0.1) is 13.7 Å². The van der Waals surface area contributed by atoms with Gasteiger partial charge in [-0.15, -0.1) is 0 Å². The minimum Gasteiger partial charge on any atom is -0.496 e. The van der Waals surface area contributed by atoms with Crippen molar-refractivity contribution in [2.45, 2.75) is 19.4 Å². The summed E-state index contributed by atoms with van der Waals surface area (Å²) in [6.07, 6.45) is 2.53. The molecule has 0 bridgehead atoms. The Kier molecular flexibility index (Phi) is 5.67. The second-order valence-corrected chi connectivity index (χ2v) is 6.07. The molecule has 0 aliphatic carbocycles. The standard InChI is InChI=1S/C15H22BrNO2/c1-18-11-12-4-3-7-17(9-12)10-13-8-14(16)5-6-15(13)19-2/h5-6,8,12H,3-4,7,9-11H2,1-2H3. The summed E-state index contributed by atoms with van der Waals surface area (Å²) in [6, 6.07) is 6.20. The van der Waals surface area contributed by atoms with Gasteiger partial charge in [0.25, 0.3) is 0 Å². The maximum atomic E-state index is 5.44. The molecule has 0 radical (unpaired) electrons. The number of hydrogen-bond acceptors (Lipinski definition) is 3. The van der Waals surface area contributed by atoms with Gasteiger partial charge in [-0.25, -0.2) is 0 Å². The summed E-state index contributed by atoms with van der Waals surface area (Å²) in [5.41, 5.74) is 1.25. The van der Waals surface area contributed by atoms with Crippen LogP contribution in [-0.4, -0.2) is 38.8 Å². The Balaban J connectivity index is 2.01. The number of methoxy groups -OCH3 is 2. The SMILES string of the molecule is COCC1CCCN(Cc2cc(Br)ccc2OC)C1. The van der Waals surface area contributed by atoms with Crippen LogP contribution in [0.1, 0.15) is 18.4 Å². The smallest absolute Gasteiger partial charge is 0.123 e. The van der Waals surface area contributed by atoms with Crippen molar-refractivity contribution in [3.8, 4) is 5.75 Å². The van der Waals surface area contributed by atoms with E-state index in [-0.39, 0.29) is 0 Å². The van der Waals surface area contributed by atoms with Gasteiger partial charge in [-0.3, -0.25) is 4.90 Å². The molecule has 1 aliphatic heterocycles. The number of hydrogen-bond donors (Lipinski definition) is 0. The molecule has 19 heavy (non-hydrogen) atoms. The first-order valence-electron chi connectivity index (χ1n) is 6.76. The third kappa shape index (κ3) is 4.20. The number of benzene rings is 1. The van der Waals surface area contributed by atoms with Crippen molar-refractivity contribution in [2.24, 2.45) is 5.92 Å². The van der Waals surface area contributed by atoms with Crippen molar-refractivity contribution in [1.29, 1.82) is 0 Å². The highest BCUT2D eigenvalue weighted by Gasteiger charge is 2.20. The molecule has 1 fully saturated rings. The molecule has 0 saturated carbocycles. The summed E-state index contributed by atoms with van der Waals surface area (Å²) in [6.45, 7) is 4.09. The van der Waals surface area contributed by atoms with Crippen LogP contribution in [0.2, 0.25) is 0 Å². The molecular weight excluding hydrogens is 306 g/mol. The summed E-state index contributed by atoms with van der Waals surface area (Å²) in [7, 11) is 3.52. The van der Waals surface area contributed by atoms with Crippen LogP contribution >= 0.6 is 15.9 Å². The summed E-state index contributed by atoms with van der Waals surface area (Å²) < 4.78 is 11.8. The van der Waals surface area contributed by atoms with Crippen molar-refractivity contribution in [2.75, 3.05) is 33.9 Å². The molecule has 1 aromatic carbocycles. The minimum absolute atomic E-state index is 0.664. The number of piperidine rings is 1. The van der Waals surface area contributed by atoms with E-state index in [1.165, 1.54) is 18.4 Å². The lowest BCUT2D eigenvalue weighted by atomic mass is 9.98. The lowest BCUT2D eigenvalue weighted by Gasteiger charge is -2.32. The van der Waals surface area contributed by atoms with E-state index in [0.717, 1.165) is 36.5 Å². The molecule has 0 N–H and O–H groups in total. The maximum absolute atomic E-state index is 5.44. The molecule has 1 aliphatic rings. The molecule has 1 unspecified atom stereocenters. The Morgan fingerprint density at radius 3 is 2.95 bits per heavy atom. The Bertz CT molecular complexity index is 409. The van der Waals surface area contributed by atoms with Crippen LogP contribution in [0.5, 0.6) is 5.75 Å². The second kappa shape index (κ2) is 7.27. The first-order valence-corrected chi connectivity index (χ1v) is 7.56. The zero-order valence-corrected chi connectivity index (χ0v) is 13.3. The Hall–Kier alpha value is -0.580. The fraction of sp³-hybridized carbons (Fsp3) is 0.600. The number of likely N-dealkylation sites (tertiary alicyclic amines) is 1. The maximum Gasteiger partial charge on any atom is 0.123 e. The molecule has 0 amide bonds. The highest BCUT2D eigenvalue weighted by atomic mass is 79.9. The molecule has 1 saturated heterocycles. The molecule has 3 nitrogen and oxygen atoms in total. The molecule has 4 heteroatoms. The van der Waals surface area contributed by atoms with Crippen molar-refractivity contribution in [3.05, 3.63) is 28.2 Å². The molecular formula is C15H22BrNO2. The van der Waals surface area contributed by atoms with Crippen LogP contribution in [0.25, 0.3) is 0 Å². The summed E-state index contributed by atoms with van der Waals surface area (Å²) in [5, 5.41) is 0. The van der Waals surface area contributed by atoms with Gasteiger partial charge in [-0.05, 0) is 43.5 Å². The largest absolute Gasteiger partial charge is 0.496 e. The fourth-order valence-corrected chi connectivity index (χ4v) is 3.19. The first kappa shape index (κ1) is 14.8. The van der Waals surface area contributed by atoms with Gasteiger partial charge in [0.2, 0.25) is 0 Å². The van der Waals surface area contributed by atoms with Gasteiger partial charge in [-0.1, -0.05) is 15.9 Å². The molecule has 2 rings (SSSR count). The average Bonchev–Trinajstić information content (AvgIpc) is 2.40. The van der Waals surface area contributed by atoms with Crippen LogP contribution in [0.15, 0.2) is 22.7 Å². The summed E-state index contributed by atoms with van der Waals surface area (Å²) in [5.74, 6) is 1.63. The zero-order valence-electron chi connectivity index (χ0n) is 11.7. The summed E-state index contributed by atoms with van der Waals surface area (Å²) >= 11 is 3.53. The van der Waals surface area contributed by atoms with Crippen LogP contribution in [0.3, 0.4) is 0 Å². The van der Waals surface area contributed by atoms with E-state index in [1.807, 2.05) is 12.1 Å². The first-order chi connectivity index (χ1) is 9.22. The monoisotopic (exact) mass is 327 g/mol. The van der Waals surface area contributed by atoms with Crippen molar-refractivity contribution in [3.63, 3.8) is 0 Å². The van der Waals surface area contributed by atoms with Crippen molar-refractivity contribution >= 4 is 15.9 Å². The quantitative estimate of drug-likeness (QED) is 0.828. The van der Waals surface area contributed by atoms with Crippen molar-refractivity contribution in [1.82, 2.24) is 4.90 Å². The Labute approximate surface area is 124 Å². The molecule has 1 aromatic rings. The van der Waals surface area contributed by atoms with Gasteiger partial charge in [-0.2, -0.15) is 0 Å². The predicted molar refractivity (Wildman–Crippen MR) is 80.6 cm³/mol. The highest BCUT2D eigenvalue weighted by Crippen LogP contribution is 2.26. The van der Waals surface area contributed by atoms with E-state index in [9.17, 15) is 0 Å². The lowest BCUT2D eigenvalue weighted by molar-refractivity contribution is 0.0870. The molecule has 0 aromatic heterocycles. The number of ether oxygens (including phenoxy) is 2. The number of rotatable bonds is 5. The normalized spacial score (nSPS) is 20.5. The third-order valence-electron chi connectivity index (χ3n) is 3.64. The highest BCUT2D eigenvalue weighted by molar-refractivity contribution is 9.10. The van der Waals surface area contributed by atoms with Gasteiger partial charge >= 0.3 is 0 Å². The third-order valence-corrected chi connectivity index (χ3v) is 4.14. The van der Waals surface area contributed by atoms with Crippen LogP contribution in [-0.2, 0) is 11.3 Å². The second-order valence-electron chi connectivity index (χ2n) is 5.15. The molecule has 106 valence electrons. The van der Waals surface area contributed by atoms with Crippen LogP contribution in [0.4, 0.5) is 0 Å². The Morgan fingerprint density at radius 1 is 1.37 bits per heavy atom. The lowest BCUT2D eigenvalue weighted by Crippen LogP contribution is -2.36. The van der Waals surface area contributed by atoms with E-state index < -0.39 is 0 Å². The molecule has 0 spiro atoms. The van der Waals surface area contributed by atoms with Gasteiger partial charge in [0, 0.05) is 30.2 Å². The van der Waals surface area contributed by atoms with Gasteiger partial charge in [0.1, 0.15) is 5.75 Å². The average molecular weight is 328 g/mol. The van der Waals surface area contributed by atoms with E-state index in [2.05, 4.69) is 26.9 Å². The van der Waals surface area contributed by atoms with E-state index in [0.29, 0.717) is 5.92 Å². The molecule has 1 atom stereocenters. The van der Waals surface area contributed by atoms with Crippen LogP contribution < -0.4 is 4.74 Å². The van der Waals surface area contributed by atoms with E-state index in [1.54, 1.807) is 14.2 Å². The fourth-order valence-electron chi connectivity index (χ4n) is 2.78. The topological polar surface area (TPSA) is 21.7 Å². The minimum atomic E-state index is 0.664. The van der Waals surface area contributed by atoms with Gasteiger partial charge in [0.15, 0.2) is 0 Å². The summed E-state index contributed by atoms with van der Waals surface area (Å²) in [4.78, 5) is 2.50. The van der Waals surface area contributed by atoms with E-state index in [4.69, 9.17) is 9.47 Å². The predicted octanol–water partition coefficient (Wildman–Crippen LogP) is 3.32. The Morgan fingerprint density at radius 2 is 2.21 bits per heavy atom. The van der Waals surface area contributed by atoms with E-state index >= 15 is 0 Å². The molecule has 1 heterocycles. The van der Waals surface area contributed by atoms with Gasteiger partial charge < -0.3 is 9.47 Å². The van der Waals surface area contributed by atoms with Crippen LogP contribution in [0, 0.1) is 5.92 Å². The number of halogens is 1. The van der Waals surface area contributed by atoms with Crippen molar-refractivity contribution < 1.29 is 9.47 Å². The zero-order chi connectivity index (χ0) is 13.7. The number of nitrogens with zero attached hydrogens (tertiary/aromatic N) is 1.